The van der Waals surface area contributed by atoms with Gasteiger partial charge in [0.2, 0.25) is 0 Å². The molecule has 0 fully saturated rings. The number of aromatic nitrogens is 2. The number of aliphatic hydroxyl groups is 1. The Kier molecular flexibility index (Phi) is 9.08. The van der Waals surface area contributed by atoms with Crippen LogP contribution in [0, 0.1) is 22.7 Å². The van der Waals surface area contributed by atoms with Gasteiger partial charge in [0.05, 0.1) is 36.4 Å². The van der Waals surface area contributed by atoms with Gasteiger partial charge in [-0.1, -0.05) is 0 Å². The van der Waals surface area contributed by atoms with Crippen molar-refractivity contribution in [1.82, 2.24) is 9.78 Å². The summed E-state index contributed by atoms with van der Waals surface area (Å²) < 4.78 is 17.8. The molecule has 2 rings (SSSR count). The van der Waals surface area contributed by atoms with Crippen LogP contribution in [0.15, 0.2) is 16.6 Å². The van der Waals surface area contributed by atoms with Crippen molar-refractivity contribution in [2.24, 2.45) is 0 Å². The second-order valence-corrected chi connectivity index (χ2v) is 7.05. The fourth-order valence-corrected chi connectivity index (χ4v) is 3.34. The Labute approximate surface area is 193 Å². The number of halogens is 1. The Balaban J connectivity index is 2.48. The molecule has 1 aromatic carbocycles. The SMILES string of the molecule is CCOC(=O)COc1c(Br)cc(/C=C(\C#N)c2nn(CCO)c(N)c2C#N)cc1OCC. The monoisotopic (exact) mass is 503 g/mol. The summed E-state index contributed by atoms with van der Waals surface area (Å²) in [6.45, 7) is 3.64. The van der Waals surface area contributed by atoms with E-state index in [1.54, 1.807) is 26.0 Å². The molecule has 0 unspecified atom stereocenters. The number of carbonyl (C=O) groups is 1. The highest BCUT2D eigenvalue weighted by molar-refractivity contribution is 9.10. The fourth-order valence-electron chi connectivity index (χ4n) is 2.77. The number of esters is 1. The van der Waals surface area contributed by atoms with Gasteiger partial charge in [-0.05, 0) is 53.5 Å². The zero-order valence-corrected chi connectivity index (χ0v) is 19.2. The first-order chi connectivity index (χ1) is 15.4. The number of nitriles is 2. The molecule has 0 aliphatic heterocycles. The lowest BCUT2D eigenvalue weighted by atomic mass is 10.1. The Morgan fingerprint density at radius 2 is 2.06 bits per heavy atom. The second-order valence-electron chi connectivity index (χ2n) is 6.19. The van der Waals surface area contributed by atoms with E-state index >= 15 is 0 Å². The molecule has 32 heavy (non-hydrogen) atoms. The lowest BCUT2D eigenvalue weighted by molar-refractivity contribution is -0.145. The van der Waals surface area contributed by atoms with Crippen LogP contribution in [-0.2, 0) is 16.1 Å². The molecule has 0 saturated heterocycles. The minimum Gasteiger partial charge on any atom is -0.490 e. The maximum atomic E-state index is 11.6. The largest absolute Gasteiger partial charge is 0.490 e. The van der Waals surface area contributed by atoms with Crippen molar-refractivity contribution < 1.29 is 24.1 Å². The summed E-state index contributed by atoms with van der Waals surface area (Å²) in [6, 6.07) is 7.28. The van der Waals surface area contributed by atoms with E-state index in [0.717, 1.165) is 0 Å². The third-order valence-corrected chi connectivity index (χ3v) is 4.66. The van der Waals surface area contributed by atoms with Gasteiger partial charge in [-0.15, -0.1) is 0 Å². The van der Waals surface area contributed by atoms with Gasteiger partial charge in [0.1, 0.15) is 29.2 Å². The van der Waals surface area contributed by atoms with E-state index in [-0.39, 0.29) is 49.0 Å². The van der Waals surface area contributed by atoms with Crippen molar-refractivity contribution in [2.75, 3.05) is 32.2 Å². The first-order valence-electron chi connectivity index (χ1n) is 9.64. The van der Waals surface area contributed by atoms with Crippen molar-refractivity contribution in [2.45, 2.75) is 20.4 Å². The Morgan fingerprint density at radius 1 is 1.31 bits per heavy atom. The van der Waals surface area contributed by atoms with E-state index in [0.29, 0.717) is 28.1 Å². The number of anilines is 1. The average molecular weight is 504 g/mol. The van der Waals surface area contributed by atoms with E-state index in [9.17, 15) is 15.3 Å². The predicted octanol–water partition coefficient (Wildman–Crippen LogP) is 2.50. The average Bonchev–Trinajstić information content (AvgIpc) is 3.07. The molecule has 3 N–H and O–H groups in total. The Morgan fingerprint density at radius 3 is 2.66 bits per heavy atom. The highest BCUT2D eigenvalue weighted by atomic mass is 79.9. The van der Waals surface area contributed by atoms with Gasteiger partial charge in [-0.2, -0.15) is 15.6 Å². The van der Waals surface area contributed by atoms with Crippen LogP contribution in [0.3, 0.4) is 0 Å². The zero-order chi connectivity index (χ0) is 23.7. The van der Waals surface area contributed by atoms with Crippen molar-refractivity contribution >= 4 is 39.4 Å². The molecule has 0 saturated carbocycles. The topological polar surface area (TPSA) is 156 Å². The maximum Gasteiger partial charge on any atom is 0.344 e. The summed E-state index contributed by atoms with van der Waals surface area (Å²) >= 11 is 3.40. The standard InChI is InChI=1S/C21H22BrN5O5/c1-3-30-17-9-13(8-16(22)20(17)32-12-18(29)31-4-2)7-14(10-23)19-15(11-24)21(25)27(26-19)5-6-28/h7-9,28H,3-6,12,25H2,1-2H3/b14-7+. The number of nitrogens with zero attached hydrogens (tertiary/aromatic N) is 4. The number of hydrogen-bond donors (Lipinski definition) is 2. The molecular weight excluding hydrogens is 482 g/mol. The van der Waals surface area contributed by atoms with E-state index < -0.39 is 5.97 Å². The molecule has 168 valence electrons. The van der Waals surface area contributed by atoms with Gasteiger partial charge in [0.25, 0.3) is 0 Å². The Bertz CT molecular complexity index is 1100. The smallest absolute Gasteiger partial charge is 0.344 e. The fraction of sp³-hybridized carbons (Fsp3) is 0.333. The highest BCUT2D eigenvalue weighted by Crippen LogP contribution is 2.38. The summed E-state index contributed by atoms with van der Waals surface area (Å²) in [7, 11) is 0. The number of nitrogens with two attached hydrogens (primary N) is 1. The minimum absolute atomic E-state index is 0.0461. The summed E-state index contributed by atoms with van der Waals surface area (Å²) in [4.78, 5) is 11.6. The van der Waals surface area contributed by atoms with Crippen LogP contribution < -0.4 is 15.2 Å². The normalized spacial score (nSPS) is 10.9. The van der Waals surface area contributed by atoms with Gasteiger partial charge in [0.15, 0.2) is 18.1 Å². The van der Waals surface area contributed by atoms with Crippen LogP contribution >= 0.6 is 15.9 Å². The molecule has 0 radical (unpaired) electrons. The van der Waals surface area contributed by atoms with Crippen LogP contribution in [0.2, 0.25) is 0 Å². The van der Waals surface area contributed by atoms with Crippen molar-refractivity contribution in [1.29, 1.82) is 10.5 Å². The second kappa shape index (κ2) is 11.7. The number of benzene rings is 1. The third-order valence-electron chi connectivity index (χ3n) is 4.07. The summed E-state index contributed by atoms with van der Waals surface area (Å²) in [5.41, 5.74) is 6.73. The van der Waals surface area contributed by atoms with Gasteiger partial charge in [-0.3, -0.25) is 0 Å². The molecule has 1 aromatic heterocycles. The summed E-state index contributed by atoms with van der Waals surface area (Å²) in [5, 5.41) is 32.5. The molecule has 0 atom stereocenters. The number of rotatable bonds is 10. The first kappa shape index (κ1) is 24.7. The van der Waals surface area contributed by atoms with Gasteiger partial charge in [0, 0.05) is 0 Å². The molecular formula is C21H22BrN5O5. The van der Waals surface area contributed by atoms with Crippen LogP contribution in [0.5, 0.6) is 11.5 Å². The van der Waals surface area contributed by atoms with Crippen molar-refractivity contribution in [3.63, 3.8) is 0 Å². The van der Waals surface area contributed by atoms with E-state index in [1.165, 1.54) is 10.8 Å². The van der Waals surface area contributed by atoms with Crippen LogP contribution in [0.25, 0.3) is 11.6 Å². The highest BCUT2D eigenvalue weighted by Gasteiger charge is 2.20. The molecule has 11 heteroatoms. The molecule has 0 bridgehead atoms. The predicted molar refractivity (Wildman–Crippen MR) is 119 cm³/mol. The van der Waals surface area contributed by atoms with E-state index in [2.05, 4.69) is 21.0 Å². The summed E-state index contributed by atoms with van der Waals surface area (Å²) in [5.74, 6) is 0.208. The van der Waals surface area contributed by atoms with Crippen molar-refractivity contribution in [3.05, 3.63) is 33.4 Å². The van der Waals surface area contributed by atoms with Gasteiger partial charge in [-0.25, -0.2) is 9.48 Å². The van der Waals surface area contributed by atoms with E-state index in [4.69, 9.17) is 25.1 Å². The van der Waals surface area contributed by atoms with Crippen LogP contribution in [0.1, 0.15) is 30.7 Å². The molecule has 2 aromatic rings. The quantitative estimate of drug-likeness (QED) is 0.367. The molecule has 10 nitrogen and oxygen atoms in total. The molecule has 0 spiro atoms. The van der Waals surface area contributed by atoms with Crippen LogP contribution in [-0.4, -0.2) is 47.3 Å². The lowest BCUT2D eigenvalue weighted by Gasteiger charge is -2.14. The lowest BCUT2D eigenvalue weighted by Crippen LogP contribution is -2.15. The molecule has 0 aliphatic carbocycles. The first-order valence-corrected chi connectivity index (χ1v) is 10.4. The molecule has 1 heterocycles. The number of ether oxygens (including phenoxy) is 3. The number of nitrogen functional groups attached to an aromatic ring is 1. The zero-order valence-electron chi connectivity index (χ0n) is 17.6. The Hall–Kier alpha value is -3.54. The summed E-state index contributed by atoms with van der Waals surface area (Å²) in [6.07, 6.45) is 1.52. The minimum atomic E-state index is -0.516. The van der Waals surface area contributed by atoms with Crippen LogP contribution in [0.4, 0.5) is 5.82 Å². The maximum absolute atomic E-state index is 11.6. The van der Waals surface area contributed by atoms with Gasteiger partial charge < -0.3 is 25.1 Å². The number of aliphatic hydroxyl groups excluding tert-OH is 1. The third kappa shape index (κ3) is 5.78. The number of carbonyl (C=O) groups excluding carboxylic acids is 1. The number of allylic oxidation sites excluding steroid dienone is 1. The van der Waals surface area contributed by atoms with Gasteiger partial charge >= 0.3 is 5.97 Å². The molecule has 0 amide bonds. The molecule has 0 aliphatic rings. The number of hydrogen-bond acceptors (Lipinski definition) is 9. The van der Waals surface area contributed by atoms with Crippen molar-refractivity contribution in [3.8, 4) is 23.6 Å². The van der Waals surface area contributed by atoms with E-state index in [1.807, 2.05) is 12.1 Å².